The highest BCUT2D eigenvalue weighted by molar-refractivity contribution is 6.08. The number of hydrogen-bond acceptors (Lipinski definition) is 4. The average Bonchev–Trinajstić information content (AvgIpc) is 3.46. The molecule has 0 amide bonds. The highest BCUT2D eigenvalue weighted by atomic mass is 16.4. The number of nitrogens with zero attached hydrogens (tertiary/aromatic N) is 4. The zero-order valence-corrected chi connectivity index (χ0v) is 25.1. The lowest BCUT2D eigenvalue weighted by Gasteiger charge is -2.26. The topological polar surface area (TPSA) is 80.9 Å². The van der Waals surface area contributed by atoms with E-state index in [2.05, 4.69) is 52.0 Å². The van der Waals surface area contributed by atoms with E-state index >= 15 is 0 Å². The minimum absolute atomic E-state index is 0.289. The largest absolute Gasteiger partial charge is 0.478 e. The van der Waals surface area contributed by atoms with Crippen molar-refractivity contribution >= 4 is 38.8 Å². The molecule has 0 spiro atoms. The summed E-state index contributed by atoms with van der Waals surface area (Å²) in [6.07, 6.45) is 7.50. The van der Waals surface area contributed by atoms with Crippen LogP contribution in [0, 0.1) is 6.92 Å². The number of imidazole rings is 1. The van der Waals surface area contributed by atoms with E-state index in [4.69, 9.17) is 9.97 Å². The quantitative estimate of drug-likeness (QED) is 0.216. The SMILES string of the molecule is Cc1cc2c(nc(-c3ccc4nc(-c5ccccc5)ccc4c3)n2C2CCCCC2)c(-c2ccc3ncccc3c2)c1C(=O)O. The molecule has 1 fully saturated rings. The Hall–Kier alpha value is -5.36. The zero-order valence-electron chi connectivity index (χ0n) is 25.1. The van der Waals surface area contributed by atoms with Crippen LogP contribution >= 0.6 is 0 Å². The zero-order chi connectivity index (χ0) is 30.5. The summed E-state index contributed by atoms with van der Waals surface area (Å²) in [4.78, 5) is 27.6. The van der Waals surface area contributed by atoms with E-state index in [1.54, 1.807) is 6.20 Å². The third-order valence-corrected chi connectivity index (χ3v) is 9.24. The van der Waals surface area contributed by atoms with Crippen LogP contribution in [0.3, 0.4) is 0 Å². The van der Waals surface area contributed by atoms with Crippen molar-refractivity contribution in [2.45, 2.75) is 45.1 Å². The molecule has 6 heteroatoms. The Morgan fingerprint density at radius 1 is 0.756 bits per heavy atom. The van der Waals surface area contributed by atoms with E-state index in [1.807, 2.05) is 61.5 Å². The first-order valence-corrected chi connectivity index (χ1v) is 15.7. The fourth-order valence-electron chi connectivity index (χ4n) is 7.09. The Balaban J connectivity index is 1.37. The van der Waals surface area contributed by atoms with Gasteiger partial charge in [0.1, 0.15) is 5.82 Å². The van der Waals surface area contributed by atoms with Gasteiger partial charge in [0.05, 0.1) is 33.3 Å². The highest BCUT2D eigenvalue weighted by Gasteiger charge is 2.28. The Morgan fingerprint density at radius 2 is 1.51 bits per heavy atom. The van der Waals surface area contributed by atoms with Crippen molar-refractivity contribution in [3.8, 4) is 33.8 Å². The van der Waals surface area contributed by atoms with Gasteiger partial charge in [-0.05, 0) is 79.4 Å². The van der Waals surface area contributed by atoms with Gasteiger partial charge in [-0.1, -0.05) is 67.8 Å². The lowest BCUT2D eigenvalue weighted by molar-refractivity contribution is 0.0697. The standard InChI is InChI=1S/C39H32N4O2/c1-24-21-34-37(36(35(24)39(44)45)28-15-17-31-26(22-28)11-8-20-40-31)42-38(43(34)30-12-6-3-7-13-30)29-16-19-33-27(23-29)14-18-32(41-33)25-9-4-2-5-10-25/h2,4-5,8-11,14-23,30H,3,6-7,12-13H2,1H3,(H,44,45). The summed E-state index contributed by atoms with van der Waals surface area (Å²) in [5, 5.41) is 12.5. The predicted molar refractivity (Wildman–Crippen MR) is 180 cm³/mol. The van der Waals surface area contributed by atoms with Crippen LogP contribution in [0.4, 0.5) is 0 Å². The molecule has 0 bridgehead atoms. The van der Waals surface area contributed by atoms with E-state index in [1.165, 1.54) is 19.3 Å². The summed E-state index contributed by atoms with van der Waals surface area (Å²) in [7, 11) is 0. The van der Waals surface area contributed by atoms with Crippen molar-refractivity contribution in [1.29, 1.82) is 0 Å². The second-order valence-electron chi connectivity index (χ2n) is 12.1. The van der Waals surface area contributed by atoms with E-state index in [0.717, 1.165) is 79.5 Å². The maximum atomic E-state index is 12.8. The second-order valence-corrected chi connectivity index (χ2v) is 12.1. The van der Waals surface area contributed by atoms with Crippen molar-refractivity contribution in [2.75, 3.05) is 0 Å². The third kappa shape index (κ3) is 4.74. The Morgan fingerprint density at radius 3 is 2.33 bits per heavy atom. The third-order valence-electron chi connectivity index (χ3n) is 9.24. The summed E-state index contributed by atoms with van der Waals surface area (Å²) >= 11 is 0. The Bertz CT molecular complexity index is 2250. The van der Waals surface area contributed by atoms with E-state index in [0.29, 0.717) is 11.1 Å². The first kappa shape index (κ1) is 27.2. The van der Waals surface area contributed by atoms with Crippen molar-refractivity contribution in [3.63, 3.8) is 0 Å². The Labute approximate surface area is 261 Å². The molecule has 1 saturated carbocycles. The van der Waals surface area contributed by atoms with Gasteiger partial charge in [-0.3, -0.25) is 4.98 Å². The first-order valence-electron chi connectivity index (χ1n) is 15.7. The summed E-state index contributed by atoms with van der Waals surface area (Å²) in [5.41, 5.74) is 9.05. The van der Waals surface area contributed by atoms with Gasteiger partial charge >= 0.3 is 5.97 Å². The Kier molecular flexibility index (Phi) is 6.63. The molecule has 0 radical (unpaired) electrons. The smallest absolute Gasteiger partial charge is 0.336 e. The number of rotatable bonds is 5. The number of benzene rings is 4. The van der Waals surface area contributed by atoms with Gasteiger partial charge in [-0.2, -0.15) is 0 Å². The van der Waals surface area contributed by atoms with Gasteiger partial charge in [0.25, 0.3) is 0 Å². The number of hydrogen-bond donors (Lipinski definition) is 1. The molecule has 1 N–H and O–H groups in total. The van der Waals surface area contributed by atoms with Crippen LogP contribution in [0.1, 0.15) is 54.1 Å². The number of aryl methyl sites for hydroxylation is 1. The lowest BCUT2D eigenvalue weighted by Crippen LogP contribution is -2.14. The van der Waals surface area contributed by atoms with Crippen molar-refractivity contribution < 1.29 is 9.90 Å². The molecule has 8 rings (SSSR count). The molecule has 4 aromatic carbocycles. The first-order chi connectivity index (χ1) is 22.0. The van der Waals surface area contributed by atoms with Crippen molar-refractivity contribution in [1.82, 2.24) is 19.5 Å². The molecule has 6 nitrogen and oxygen atoms in total. The molecule has 3 aromatic heterocycles. The van der Waals surface area contributed by atoms with Crippen molar-refractivity contribution in [2.24, 2.45) is 0 Å². The van der Waals surface area contributed by atoms with Crippen LogP contribution < -0.4 is 0 Å². The van der Waals surface area contributed by atoms with Crippen LogP contribution in [0.15, 0.2) is 103 Å². The molecule has 0 saturated heterocycles. The number of carboxylic acid groups (broad SMARTS) is 1. The number of carbonyl (C=O) groups is 1. The molecule has 220 valence electrons. The highest BCUT2D eigenvalue weighted by Crippen LogP contribution is 2.42. The molecular formula is C39H32N4O2. The second kappa shape index (κ2) is 11.0. The maximum Gasteiger partial charge on any atom is 0.336 e. The molecular weight excluding hydrogens is 556 g/mol. The van der Waals surface area contributed by atoms with Crippen LogP contribution in [0.25, 0.3) is 66.6 Å². The van der Waals surface area contributed by atoms with Crippen molar-refractivity contribution in [3.05, 3.63) is 114 Å². The van der Waals surface area contributed by atoms with Gasteiger partial charge in [-0.15, -0.1) is 0 Å². The van der Waals surface area contributed by atoms with Gasteiger partial charge in [0.2, 0.25) is 0 Å². The van der Waals surface area contributed by atoms with Crippen LogP contribution in [0.5, 0.6) is 0 Å². The minimum atomic E-state index is -0.949. The molecule has 1 aliphatic rings. The van der Waals surface area contributed by atoms with E-state index in [9.17, 15) is 9.90 Å². The van der Waals surface area contributed by atoms with E-state index < -0.39 is 5.97 Å². The number of pyridine rings is 2. The van der Waals surface area contributed by atoms with Crippen LogP contribution in [-0.4, -0.2) is 30.6 Å². The molecule has 0 aliphatic heterocycles. The summed E-state index contributed by atoms with van der Waals surface area (Å²) in [6, 6.07) is 33.0. The normalized spacial score (nSPS) is 14.0. The number of aromatic carboxylic acids is 1. The molecule has 3 heterocycles. The summed E-state index contributed by atoms with van der Waals surface area (Å²) in [5.74, 6) is -0.0768. The van der Waals surface area contributed by atoms with E-state index in [-0.39, 0.29) is 6.04 Å². The fraction of sp³-hybridized carbons (Fsp3) is 0.179. The number of aromatic nitrogens is 4. The van der Waals surface area contributed by atoms with Gasteiger partial charge in [-0.25, -0.2) is 14.8 Å². The minimum Gasteiger partial charge on any atom is -0.478 e. The molecule has 0 atom stereocenters. The molecule has 7 aromatic rings. The molecule has 0 unspecified atom stereocenters. The predicted octanol–water partition coefficient (Wildman–Crippen LogP) is 9.65. The van der Waals surface area contributed by atoms with Gasteiger partial charge in [0.15, 0.2) is 0 Å². The number of fused-ring (bicyclic) bond motifs is 3. The molecule has 1 aliphatic carbocycles. The monoisotopic (exact) mass is 588 g/mol. The van der Waals surface area contributed by atoms with Gasteiger partial charge < -0.3 is 9.67 Å². The van der Waals surface area contributed by atoms with Gasteiger partial charge in [0, 0.05) is 39.7 Å². The molecule has 45 heavy (non-hydrogen) atoms. The summed E-state index contributed by atoms with van der Waals surface area (Å²) in [6.45, 7) is 1.90. The average molecular weight is 589 g/mol. The summed E-state index contributed by atoms with van der Waals surface area (Å²) < 4.78 is 2.39. The lowest BCUT2D eigenvalue weighted by atomic mass is 9.92. The van der Waals surface area contributed by atoms with Crippen LogP contribution in [-0.2, 0) is 0 Å². The fourth-order valence-corrected chi connectivity index (χ4v) is 7.09. The maximum absolute atomic E-state index is 12.8. The van der Waals surface area contributed by atoms with Crippen LogP contribution in [0.2, 0.25) is 0 Å². The number of carboxylic acids is 1.